The average Bonchev–Trinajstić information content (AvgIpc) is 3.18. The van der Waals surface area contributed by atoms with E-state index in [1.807, 2.05) is 44.2 Å². The molecule has 1 aliphatic heterocycles. The summed E-state index contributed by atoms with van der Waals surface area (Å²) >= 11 is 6.47. The van der Waals surface area contributed by atoms with Crippen LogP contribution in [0.4, 0.5) is 5.69 Å². The van der Waals surface area contributed by atoms with E-state index < -0.39 is 17.7 Å². The maximum Gasteiger partial charge on any atom is 0.300 e. The Morgan fingerprint density at radius 2 is 1.64 bits per heavy atom. The Bertz CT molecular complexity index is 1400. The number of benzene rings is 3. The molecule has 1 aliphatic rings. The lowest BCUT2D eigenvalue weighted by molar-refractivity contribution is -0.132. The third-order valence-electron chi connectivity index (χ3n) is 6.61. The standard InChI is InChI=1S/C32H34ClNO5/c1-6-17-39-23-10-8-9-22(18-23)34-28(20-11-13-21(14-12-20)32(3,4)5)27(30(36)31(34)37)29(35)25-19-24(38-7-2)15-16-26(25)33/h8-16,18-19,28,35H,6-7,17H2,1-5H3/b29-27+. The average molecular weight is 548 g/mol. The molecule has 204 valence electrons. The highest BCUT2D eigenvalue weighted by Gasteiger charge is 2.47. The maximum absolute atomic E-state index is 13.6. The molecule has 3 aromatic carbocycles. The summed E-state index contributed by atoms with van der Waals surface area (Å²) in [6.45, 7) is 11.1. The van der Waals surface area contributed by atoms with Crippen LogP contribution in [0.5, 0.6) is 11.5 Å². The zero-order valence-electron chi connectivity index (χ0n) is 23.0. The second-order valence-electron chi connectivity index (χ2n) is 10.5. The van der Waals surface area contributed by atoms with E-state index >= 15 is 0 Å². The van der Waals surface area contributed by atoms with Crippen LogP contribution in [0.25, 0.3) is 5.76 Å². The molecule has 0 saturated carbocycles. The fourth-order valence-electron chi connectivity index (χ4n) is 4.61. The number of anilines is 1. The zero-order valence-corrected chi connectivity index (χ0v) is 23.7. The van der Waals surface area contributed by atoms with Crippen LogP contribution in [0.2, 0.25) is 5.02 Å². The molecular formula is C32H34ClNO5. The Balaban J connectivity index is 1.92. The molecule has 1 saturated heterocycles. The molecule has 0 bridgehead atoms. The monoisotopic (exact) mass is 547 g/mol. The number of nitrogens with zero attached hydrogens (tertiary/aromatic N) is 1. The van der Waals surface area contributed by atoms with Gasteiger partial charge in [0.1, 0.15) is 17.3 Å². The fourth-order valence-corrected chi connectivity index (χ4v) is 4.82. The van der Waals surface area contributed by atoms with Crippen LogP contribution >= 0.6 is 11.6 Å². The van der Waals surface area contributed by atoms with Gasteiger partial charge in [0.15, 0.2) is 0 Å². The number of Topliss-reactive ketones (excluding diaryl/α,β-unsaturated/α-hetero) is 1. The van der Waals surface area contributed by atoms with Gasteiger partial charge in [0, 0.05) is 17.3 Å². The van der Waals surface area contributed by atoms with Crippen molar-refractivity contribution in [1.82, 2.24) is 0 Å². The second-order valence-corrected chi connectivity index (χ2v) is 10.9. The number of hydrogen-bond donors (Lipinski definition) is 1. The highest BCUT2D eigenvalue weighted by molar-refractivity contribution is 6.52. The number of halogens is 1. The van der Waals surface area contributed by atoms with E-state index in [1.54, 1.807) is 36.4 Å². The largest absolute Gasteiger partial charge is 0.507 e. The van der Waals surface area contributed by atoms with Crippen molar-refractivity contribution in [3.63, 3.8) is 0 Å². The molecule has 1 unspecified atom stereocenters. The number of ketones is 1. The lowest BCUT2D eigenvalue weighted by atomic mass is 9.85. The van der Waals surface area contributed by atoms with Gasteiger partial charge in [-0.2, -0.15) is 0 Å². The van der Waals surface area contributed by atoms with Crippen molar-refractivity contribution in [2.45, 2.75) is 52.5 Å². The first-order chi connectivity index (χ1) is 18.6. The summed E-state index contributed by atoms with van der Waals surface area (Å²) in [5.41, 5.74) is 2.37. The van der Waals surface area contributed by atoms with Crippen LogP contribution in [-0.2, 0) is 15.0 Å². The second kappa shape index (κ2) is 11.5. The van der Waals surface area contributed by atoms with Crippen molar-refractivity contribution in [1.29, 1.82) is 0 Å². The summed E-state index contributed by atoms with van der Waals surface area (Å²) in [5.74, 6) is -0.818. The molecule has 1 heterocycles. The normalized spacial score (nSPS) is 17.0. The Morgan fingerprint density at radius 3 is 2.28 bits per heavy atom. The predicted octanol–water partition coefficient (Wildman–Crippen LogP) is 7.45. The van der Waals surface area contributed by atoms with Gasteiger partial charge in [-0.3, -0.25) is 14.5 Å². The molecule has 1 amide bonds. The van der Waals surface area contributed by atoms with Crippen molar-refractivity contribution in [3.8, 4) is 11.5 Å². The number of rotatable bonds is 8. The minimum Gasteiger partial charge on any atom is -0.507 e. The van der Waals surface area contributed by atoms with Crippen molar-refractivity contribution in [3.05, 3.63) is 94.0 Å². The van der Waals surface area contributed by atoms with Crippen molar-refractivity contribution >= 4 is 34.7 Å². The van der Waals surface area contributed by atoms with Gasteiger partial charge in [0.25, 0.3) is 11.7 Å². The number of aliphatic hydroxyl groups excluding tert-OH is 1. The molecule has 0 spiro atoms. The van der Waals surface area contributed by atoms with E-state index in [1.165, 1.54) is 4.90 Å². The number of ether oxygens (including phenoxy) is 2. The van der Waals surface area contributed by atoms with E-state index in [4.69, 9.17) is 21.1 Å². The molecule has 1 fully saturated rings. The van der Waals surface area contributed by atoms with E-state index in [2.05, 4.69) is 20.8 Å². The van der Waals surface area contributed by atoms with Gasteiger partial charge >= 0.3 is 0 Å². The van der Waals surface area contributed by atoms with Crippen molar-refractivity contribution in [2.24, 2.45) is 0 Å². The van der Waals surface area contributed by atoms with Gasteiger partial charge in [0.05, 0.1) is 29.9 Å². The molecule has 0 aliphatic carbocycles. The third-order valence-corrected chi connectivity index (χ3v) is 6.94. The first kappa shape index (κ1) is 28.2. The van der Waals surface area contributed by atoms with Crippen LogP contribution < -0.4 is 14.4 Å². The van der Waals surface area contributed by atoms with Crippen LogP contribution in [0.15, 0.2) is 72.3 Å². The predicted molar refractivity (Wildman–Crippen MR) is 155 cm³/mol. The summed E-state index contributed by atoms with van der Waals surface area (Å²) in [5, 5.41) is 11.8. The van der Waals surface area contributed by atoms with Gasteiger partial charge in [-0.1, -0.05) is 69.6 Å². The molecule has 4 rings (SSSR count). The zero-order chi connectivity index (χ0) is 28.3. The van der Waals surface area contributed by atoms with Crippen molar-refractivity contribution in [2.75, 3.05) is 18.1 Å². The minimum absolute atomic E-state index is 0.0427. The van der Waals surface area contributed by atoms with Gasteiger partial charge in [-0.25, -0.2) is 0 Å². The first-order valence-electron chi connectivity index (χ1n) is 13.1. The summed E-state index contributed by atoms with van der Waals surface area (Å²) in [7, 11) is 0. The Labute approximate surface area is 234 Å². The molecule has 1 atom stereocenters. The van der Waals surface area contributed by atoms with Crippen molar-refractivity contribution < 1.29 is 24.2 Å². The highest BCUT2D eigenvalue weighted by Crippen LogP contribution is 2.44. The van der Waals surface area contributed by atoms with E-state index in [0.29, 0.717) is 36.0 Å². The number of carbonyl (C=O) groups excluding carboxylic acids is 2. The van der Waals surface area contributed by atoms with E-state index in [-0.39, 0.29) is 27.3 Å². The molecular weight excluding hydrogens is 514 g/mol. The Kier molecular flexibility index (Phi) is 8.36. The van der Waals surface area contributed by atoms with Crippen LogP contribution in [-0.4, -0.2) is 30.0 Å². The van der Waals surface area contributed by atoms with Gasteiger partial charge < -0.3 is 14.6 Å². The minimum atomic E-state index is -0.882. The van der Waals surface area contributed by atoms with Gasteiger partial charge in [0.2, 0.25) is 0 Å². The molecule has 0 radical (unpaired) electrons. The summed E-state index contributed by atoms with van der Waals surface area (Å²) in [6.07, 6.45) is 0.830. The third kappa shape index (κ3) is 5.81. The Morgan fingerprint density at radius 1 is 0.949 bits per heavy atom. The number of carbonyl (C=O) groups is 2. The number of aliphatic hydroxyl groups is 1. The van der Waals surface area contributed by atoms with Crippen LogP contribution in [0.3, 0.4) is 0 Å². The molecule has 6 nitrogen and oxygen atoms in total. The summed E-state index contributed by atoms with van der Waals surface area (Å²) in [4.78, 5) is 28.6. The fraction of sp³-hybridized carbons (Fsp3) is 0.312. The Hall–Kier alpha value is -3.77. The SMILES string of the molecule is CCCOc1cccc(N2C(=O)C(=O)/C(=C(/O)c3cc(OCC)ccc3Cl)C2c2ccc(C(C)(C)C)cc2)c1. The molecule has 1 N–H and O–H groups in total. The molecule has 0 aromatic heterocycles. The highest BCUT2D eigenvalue weighted by atomic mass is 35.5. The first-order valence-corrected chi connectivity index (χ1v) is 13.5. The van der Waals surface area contributed by atoms with Gasteiger partial charge in [-0.05, 0) is 60.2 Å². The quantitative estimate of drug-likeness (QED) is 0.180. The molecule has 3 aromatic rings. The smallest absolute Gasteiger partial charge is 0.300 e. The van der Waals surface area contributed by atoms with Crippen LogP contribution in [0, 0.1) is 0 Å². The lowest BCUT2D eigenvalue weighted by Gasteiger charge is -2.27. The van der Waals surface area contributed by atoms with E-state index in [0.717, 1.165) is 12.0 Å². The maximum atomic E-state index is 13.6. The number of hydrogen-bond acceptors (Lipinski definition) is 5. The lowest BCUT2D eigenvalue weighted by Crippen LogP contribution is -2.29. The van der Waals surface area contributed by atoms with E-state index in [9.17, 15) is 14.7 Å². The summed E-state index contributed by atoms with van der Waals surface area (Å²) in [6, 6.07) is 18.8. The topological polar surface area (TPSA) is 76.1 Å². The molecule has 39 heavy (non-hydrogen) atoms. The number of amides is 1. The van der Waals surface area contributed by atoms with Gasteiger partial charge in [-0.15, -0.1) is 0 Å². The van der Waals surface area contributed by atoms with Crippen LogP contribution in [0.1, 0.15) is 63.8 Å². The molecule has 7 heteroatoms. The summed E-state index contributed by atoms with van der Waals surface area (Å²) < 4.78 is 11.4.